The Bertz CT molecular complexity index is 193. The normalized spacial score (nSPS) is 33.3. The molecule has 2 aliphatic heterocycles. The van der Waals surface area contributed by atoms with Gasteiger partial charge in [0.2, 0.25) is 6.41 Å². The van der Waals surface area contributed by atoms with Gasteiger partial charge in [0.15, 0.2) is 0 Å². The molecule has 0 aromatic rings. The van der Waals surface area contributed by atoms with E-state index < -0.39 is 0 Å². The maximum Gasteiger partial charge on any atom is 0.209 e. The van der Waals surface area contributed by atoms with Crippen molar-refractivity contribution in [3.63, 3.8) is 0 Å². The molecule has 2 rings (SSSR count). The summed E-state index contributed by atoms with van der Waals surface area (Å²) in [5.41, 5.74) is 0. The van der Waals surface area contributed by atoms with Crippen LogP contribution in [0.25, 0.3) is 0 Å². The highest BCUT2D eigenvalue weighted by atomic mass is 16.5. The number of nitrogens with zero attached hydrogens (tertiary/aromatic N) is 1. The molecule has 0 radical (unpaired) electrons. The fourth-order valence-corrected chi connectivity index (χ4v) is 2.32. The number of morpholine rings is 1. The zero-order chi connectivity index (χ0) is 9.80. The first-order valence-corrected chi connectivity index (χ1v) is 5.43. The molecule has 14 heavy (non-hydrogen) atoms. The van der Waals surface area contributed by atoms with E-state index in [-0.39, 0.29) is 0 Å². The Morgan fingerprint density at radius 1 is 1.57 bits per heavy atom. The Kier molecular flexibility index (Phi) is 3.37. The highest BCUT2D eigenvalue weighted by Crippen LogP contribution is 2.20. The lowest BCUT2D eigenvalue weighted by Crippen LogP contribution is -2.42. The van der Waals surface area contributed by atoms with E-state index in [9.17, 15) is 4.79 Å². The van der Waals surface area contributed by atoms with Crippen molar-refractivity contribution in [2.45, 2.75) is 31.4 Å². The predicted octanol–water partition coefficient (Wildman–Crippen LogP) is -0.0143. The Balaban J connectivity index is 1.80. The number of rotatable bonds is 3. The molecule has 4 nitrogen and oxygen atoms in total. The van der Waals surface area contributed by atoms with Crippen LogP contribution in [0.5, 0.6) is 0 Å². The van der Waals surface area contributed by atoms with E-state index in [2.05, 4.69) is 5.32 Å². The summed E-state index contributed by atoms with van der Waals surface area (Å²) in [6.45, 7) is 3.62. The summed E-state index contributed by atoms with van der Waals surface area (Å²) in [6.07, 6.45) is 4.55. The van der Waals surface area contributed by atoms with E-state index in [1.807, 2.05) is 4.90 Å². The number of likely N-dealkylation sites (tertiary alicyclic amines) is 1. The lowest BCUT2D eigenvalue weighted by molar-refractivity contribution is -0.119. The summed E-state index contributed by atoms with van der Waals surface area (Å²) >= 11 is 0. The Labute approximate surface area is 84.6 Å². The van der Waals surface area contributed by atoms with Crippen LogP contribution in [0.4, 0.5) is 0 Å². The molecule has 0 spiro atoms. The van der Waals surface area contributed by atoms with Crippen molar-refractivity contribution < 1.29 is 9.53 Å². The highest BCUT2D eigenvalue weighted by molar-refractivity contribution is 5.48. The van der Waals surface area contributed by atoms with Gasteiger partial charge in [-0.25, -0.2) is 0 Å². The first kappa shape index (κ1) is 9.93. The molecule has 4 heteroatoms. The van der Waals surface area contributed by atoms with Crippen molar-refractivity contribution in [2.24, 2.45) is 0 Å². The fraction of sp³-hybridized carbons (Fsp3) is 0.900. The molecule has 0 bridgehead atoms. The van der Waals surface area contributed by atoms with Gasteiger partial charge in [0.05, 0.1) is 12.7 Å². The van der Waals surface area contributed by atoms with Gasteiger partial charge in [-0.1, -0.05) is 0 Å². The lowest BCUT2D eigenvalue weighted by atomic mass is 10.1. The number of carbonyl (C=O) groups excluding carboxylic acids is 1. The Morgan fingerprint density at radius 3 is 3.21 bits per heavy atom. The molecule has 2 atom stereocenters. The maximum atomic E-state index is 10.7. The molecule has 2 unspecified atom stereocenters. The van der Waals surface area contributed by atoms with Gasteiger partial charge in [0.25, 0.3) is 0 Å². The lowest BCUT2D eigenvalue weighted by Gasteiger charge is -2.28. The van der Waals surface area contributed by atoms with Crippen molar-refractivity contribution >= 4 is 6.41 Å². The molecule has 0 saturated carbocycles. The van der Waals surface area contributed by atoms with E-state index in [4.69, 9.17) is 4.74 Å². The Hall–Kier alpha value is -0.610. The third-order valence-corrected chi connectivity index (χ3v) is 3.10. The second kappa shape index (κ2) is 4.75. The molecule has 2 saturated heterocycles. The second-order valence-electron chi connectivity index (χ2n) is 4.07. The van der Waals surface area contributed by atoms with Crippen LogP contribution in [0.1, 0.15) is 19.3 Å². The van der Waals surface area contributed by atoms with Gasteiger partial charge in [-0.2, -0.15) is 0 Å². The molecule has 1 N–H and O–H groups in total. The van der Waals surface area contributed by atoms with Crippen molar-refractivity contribution in [3.05, 3.63) is 0 Å². The average Bonchev–Trinajstić information content (AvgIpc) is 2.67. The van der Waals surface area contributed by atoms with E-state index in [1.54, 1.807) is 0 Å². The van der Waals surface area contributed by atoms with Gasteiger partial charge in [0, 0.05) is 25.7 Å². The molecule has 1 amide bonds. The van der Waals surface area contributed by atoms with Crippen LogP contribution in [0, 0.1) is 0 Å². The number of amides is 1. The monoisotopic (exact) mass is 198 g/mol. The van der Waals surface area contributed by atoms with Gasteiger partial charge in [-0.05, 0) is 19.3 Å². The van der Waals surface area contributed by atoms with Crippen LogP contribution in [-0.2, 0) is 9.53 Å². The van der Waals surface area contributed by atoms with Crippen molar-refractivity contribution in [3.8, 4) is 0 Å². The van der Waals surface area contributed by atoms with E-state index in [0.717, 1.165) is 51.9 Å². The van der Waals surface area contributed by atoms with Gasteiger partial charge in [-0.15, -0.1) is 0 Å². The Morgan fingerprint density at radius 2 is 2.50 bits per heavy atom. The smallest absolute Gasteiger partial charge is 0.209 e. The summed E-state index contributed by atoms with van der Waals surface area (Å²) in [5, 5.41) is 3.31. The molecule has 2 heterocycles. The second-order valence-corrected chi connectivity index (χ2v) is 4.07. The summed E-state index contributed by atoms with van der Waals surface area (Å²) in [5.74, 6) is 0. The molecule has 0 aliphatic carbocycles. The van der Waals surface area contributed by atoms with Gasteiger partial charge >= 0.3 is 0 Å². The van der Waals surface area contributed by atoms with Crippen LogP contribution in [0.2, 0.25) is 0 Å². The standard InChI is InChI=1S/C10H18N2O2/c13-8-12-4-1-2-9(12)6-10-7-11-3-5-14-10/h8-11H,1-7H2. The number of hydrogen-bond donors (Lipinski definition) is 1. The predicted molar refractivity (Wildman–Crippen MR) is 53.0 cm³/mol. The zero-order valence-corrected chi connectivity index (χ0v) is 8.45. The van der Waals surface area contributed by atoms with Crippen molar-refractivity contribution in [1.82, 2.24) is 10.2 Å². The van der Waals surface area contributed by atoms with E-state index in [0.29, 0.717) is 12.1 Å². The third kappa shape index (κ3) is 2.25. The molecular weight excluding hydrogens is 180 g/mol. The summed E-state index contributed by atoms with van der Waals surface area (Å²) in [6, 6.07) is 0.414. The molecule has 0 aromatic heterocycles. The number of hydrogen-bond acceptors (Lipinski definition) is 3. The SMILES string of the molecule is O=CN1CCCC1CC1CNCCO1. The highest BCUT2D eigenvalue weighted by Gasteiger charge is 2.27. The first-order valence-electron chi connectivity index (χ1n) is 5.43. The van der Waals surface area contributed by atoms with Crippen molar-refractivity contribution in [1.29, 1.82) is 0 Å². The third-order valence-electron chi connectivity index (χ3n) is 3.10. The van der Waals surface area contributed by atoms with E-state index in [1.165, 1.54) is 0 Å². The number of carbonyl (C=O) groups is 1. The van der Waals surface area contributed by atoms with Crippen LogP contribution in [-0.4, -0.2) is 49.7 Å². The van der Waals surface area contributed by atoms with Gasteiger partial charge in [0.1, 0.15) is 0 Å². The summed E-state index contributed by atoms with van der Waals surface area (Å²) < 4.78 is 5.63. The quantitative estimate of drug-likeness (QED) is 0.648. The van der Waals surface area contributed by atoms with Gasteiger partial charge in [-0.3, -0.25) is 4.79 Å². The molecule has 0 aromatic carbocycles. The zero-order valence-electron chi connectivity index (χ0n) is 8.45. The van der Waals surface area contributed by atoms with Crippen LogP contribution in [0.15, 0.2) is 0 Å². The number of nitrogens with one attached hydrogen (secondary N) is 1. The van der Waals surface area contributed by atoms with Crippen molar-refractivity contribution in [2.75, 3.05) is 26.2 Å². The van der Waals surface area contributed by atoms with Crippen LogP contribution >= 0.6 is 0 Å². The number of ether oxygens (including phenoxy) is 1. The van der Waals surface area contributed by atoms with E-state index >= 15 is 0 Å². The molecule has 2 fully saturated rings. The van der Waals surface area contributed by atoms with Crippen LogP contribution < -0.4 is 5.32 Å². The van der Waals surface area contributed by atoms with Crippen LogP contribution in [0.3, 0.4) is 0 Å². The largest absolute Gasteiger partial charge is 0.375 e. The summed E-state index contributed by atoms with van der Waals surface area (Å²) in [4.78, 5) is 12.6. The molecule has 80 valence electrons. The minimum absolute atomic E-state index is 0.300. The average molecular weight is 198 g/mol. The molecular formula is C10H18N2O2. The minimum atomic E-state index is 0.300. The first-order chi connectivity index (χ1) is 6.90. The van der Waals surface area contributed by atoms with Gasteiger partial charge < -0.3 is 15.0 Å². The minimum Gasteiger partial charge on any atom is -0.375 e. The summed E-state index contributed by atoms with van der Waals surface area (Å²) in [7, 11) is 0. The maximum absolute atomic E-state index is 10.7. The molecule has 2 aliphatic rings. The topological polar surface area (TPSA) is 41.6 Å². The fourth-order valence-electron chi connectivity index (χ4n) is 2.32.